The lowest BCUT2D eigenvalue weighted by molar-refractivity contribution is -0.217. The van der Waals surface area contributed by atoms with E-state index in [1.165, 1.54) is 12.1 Å². The monoisotopic (exact) mass is 484 g/mol. The minimum absolute atomic E-state index is 0.0688. The van der Waals surface area contributed by atoms with Crippen LogP contribution in [0.25, 0.3) is 0 Å². The SMILES string of the molecule is O=C(O)C1Cc2cc(Cl)c(Oc3ccc(Cl)c(Br)c3)cc2OC1C(F)(F)F. The summed E-state index contributed by atoms with van der Waals surface area (Å²) in [7, 11) is 0. The van der Waals surface area contributed by atoms with Gasteiger partial charge in [0.25, 0.3) is 0 Å². The van der Waals surface area contributed by atoms with Crippen molar-refractivity contribution in [3.8, 4) is 17.2 Å². The van der Waals surface area contributed by atoms with Crippen LogP contribution in [-0.4, -0.2) is 23.4 Å². The van der Waals surface area contributed by atoms with Gasteiger partial charge in [-0.05, 0) is 52.2 Å². The lowest BCUT2D eigenvalue weighted by Gasteiger charge is -2.32. The van der Waals surface area contributed by atoms with E-state index in [4.69, 9.17) is 37.8 Å². The van der Waals surface area contributed by atoms with Gasteiger partial charge in [-0.15, -0.1) is 0 Å². The van der Waals surface area contributed by atoms with Gasteiger partial charge in [-0.1, -0.05) is 23.2 Å². The van der Waals surface area contributed by atoms with E-state index in [-0.39, 0.29) is 28.5 Å². The highest BCUT2D eigenvalue weighted by Gasteiger charge is 2.52. The molecule has 27 heavy (non-hydrogen) atoms. The smallest absolute Gasteiger partial charge is 0.426 e. The van der Waals surface area contributed by atoms with Crippen molar-refractivity contribution in [1.82, 2.24) is 0 Å². The highest BCUT2D eigenvalue weighted by Crippen LogP contribution is 2.43. The van der Waals surface area contributed by atoms with Gasteiger partial charge in [-0.25, -0.2) is 0 Å². The third-order valence-corrected chi connectivity index (χ3v) is 5.44. The molecule has 2 atom stereocenters. The quantitative estimate of drug-likeness (QED) is 0.569. The molecule has 0 aromatic heterocycles. The van der Waals surface area contributed by atoms with E-state index in [9.17, 15) is 18.0 Å². The van der Waals surface area contributed by atoms with Crippen molar-refractivity contribution in [1.29, 1.82) is 0 Å². The highest BCUT2D eigenvalue weighted by atomic mass is 79.9. The maximum absolute atomic E-state index is 13.2. The van der Waals surface area contributed by atoms with Crippen LogP contribution in [0.5, 0.6) is 17.2 Å². The molecule has 2 unspecified atom stereocenters. The molecule has 0 saturated heterocycles. The third-order valence-electron chi connectivity index (χ3n) is 3.93. The molecule has 10 heteroatoms. The Balaban J connectivity index is 1.95. The number of carboxylic acid groups (broad SMARTS) is 1. The largest absolute Gasteiger partial charge is 0.481 e. The van der Waals surface area contributed by atoms with Crippen LogP contribution in [0.1, 0.15) is 5.56 Å². The van der Waals surface area contributed by atoms with Crippen LogP contribution in [0, 0.1) is 5.92 Å². The van der Waals surface area contributed by atoms with Gasteiger partial charge < -0.3 is 14.6 Å². The van der Waals surface area contributed by atoms with Crippen LogP contribution < -0.4 is 9.47 Å². The number of alkyl halides is 3. The average Bonchev–Trinajstić information content (AvgIpc) is 2.57. The van der Waals surface area contributed by atoms with E-state index in [1.807, 2.05) is 0 Å². The van der Waals surface area contributed by atoms with Gasteiger partial charge in [0, 0.05) is 10.5 Å². The summed E-state index contributed by atoms with van der Waals surface area (Å²) in [6.07, 6.45) is -7.65. The molecule has 1 aliphatic rings. The van der Waals surface area contributed by atoms with Crippen LogP contribution >= 0.6 is 39.1 Å². The Labute approximate surface area is 169 Å². The van der Waals surface area contributed by atoms with Gasteiger partial charge in [0.2, 0.25) is 6.10 Å². The van der Waals surface area contributed by atoms with Crippen LogP contribution in [0.3, 0.4) is 0 Å². The molecule has 1 aliphatic heterocycles. The van der Waals surface area contributed by atoms with Crippen LogP contribution in [0.15, 0.2) is 34.8 Å². The molecular formula is C17H10BrCl2F3O4. The molecule has 0 aliphatic carbocycles. The Bertz CT molecular complexity index is 904. The average molecular weight is 486 g/mol. The van der Waals surface area contributed by atoms with E-state index in [0.29, 0.717) is 15.2 Å². The van der Waals surface area contributed by atoms with Crippen molar-refractivity contribution >= 4 is 45.1 Å². The molecule has 0 fully saturated rings. The third kappa shape index (κ3) is 4.28. The van der Waals surface area contributed by atoms with Crippen molar-refractivity contribution in [2.75, 3.05) is 0 Å². The Kier molecular flexibility index (Phi) is 5.52. The van der Waals surface area contributed by atoms with Gasteiger partial charge in [0.1, 0.15) is 23.2 Å². The summed E-state index contributed by atoms with van der Waals surface area (Å²) in [6.45, 7) is 0. The number of hydrogen-bond acceptors (Lipinski definition) is 3. The number of ether oxygens (including phenoxy) is 2. The Morgan fingerprint density at radius 1 is 1.22 bits per heavy atom. The van der Waals surface area contributed by atoms with E-state index in [1.54, 1.807) is 18.2 Å². The number of carbonyl (C=O) groups is 1. The Morgan fingerprint density at radius 2 is 1.93 bits per heavy atom. The minimum Gasteiger partial charge on any atom is -0.481 e. The number of rotatable bonds is 3. The molecule has 0 radical (unpaired) electrons. The lowest BCUT2D eigenvalue weighted by atomic mass is 9.90. The van der Waals surface area contributed by atoms with E-state index >= 15 is 0 Å². The van der Waals surface area contributed by atoms with Crippen molar-refractivity contribution in [2.24, 2.45) is 5.92 Å². The second kappa shape index (κ2) is 7.41. The lowest BCUT2D eigenvalue weighted by Crippen LogP contribution is -2.47. The molecule has 0 bridgehead atoms. The highest BCUT2D eigenvalue weighted by molar-refractivity contribution is 9.10. The maximum atomic E-state index is 13.2. The van der Waals surface area contributed by atoms with Gasteiger partial charge in [-0.2, -0.15) is 13.2 Å². The van der Waals surface area contributed by atoms with Crippen LogP contribution in [0.4, 0.5) is 13.2 Å². The second-order valence-electron chi connectivity index (χ2n) is 5.80. The summed E-state index contributed by atoms with van der Waals surface area (Å²) in [5, 5.41) is 9.67. The van der Waals surface area contributed by atoms with E-state index in [0.717, 1.165) is 0 Å². The van der Waals surface area contributed by atoms with Crippen LogP contribution in [0.2, 0.25) is 10.0 Å². The zero-order chi connectivity index (χ0) is 19.9. The van der Waals surface area contributed by atoms with Crippen molar-refractivity contribution in [3.63, 3.8) is 0 Å². The second-order valence-corrected chi connectivity index (χ2v) is 7.47. The topological polar surface area (TPSA) is 55.8 Å². The van der Waals surface area contributed by atoms with Gasteiger partial charge in [-0.3, -0.25) is 4.79 Å². The van der Waals surface area contributed by atoms with E-state index in [2.05, 4.69) is 15.9 Å². The van der Waals surface area contributed by atoms with Crippen molar-refractivity contribution in [2.45, 2.75) is 18.7 Å². The molecule has 0 saturated carbocycles. The number of carboxylic acids is 1. The predicted octanol–water partition coefficient (Wildman–Crippen LogP) is 6.11. The fourth-order valence-electron chi connectivity index (χ4n) is 2.67. The standard InChI is InChI=1S/C17H10BrCl2F3O4/c18-10-5-8(1-2-11(10)19)26-14-6-13-7(4-12(14)20)3-9(16(24)25)15(27-13)17(21,22)23/h1-2,4-6,9,15H,3H2,(H,24,25). The first-order chi connectivity index (χ1) is 12.6. The Morgan fingerprint density at radius 3 is 2.52 bits per heavy atom. The zero-order valence-corrected chi connectivity index (χ0v) is 16.3. The van der Waals surface area contributed by atoms with Crippen LogP contribution in [-0.2, 0) is 11.2 Å². The number of fused-ring (bicyclic) bond motifs is 1. The number of aliphatic carboxylic acids is 1. The molecule has 1 heterocycles. The molecule has 2 aromatic rings. The predicted molar refractivity (Wildman–Crippen MR) is 96.0 cm³/mol. The molecular weight excluding hydrogens is 476 g/mol. The summed E-state index contributed by atoms with van der Waals surface area (Å²) >= 11 is 15.3. The minimum atomic E-state index is -4.83. The van der Waals surface area contributed by atoms with Crippen molar-refractivity contribution in [3.05, 3.63) is 50.4 Å². The fourth-order valence-corrected chi connectivity index (χ4v) is 3.37. The molecule has 3 rings (SSSR count). The van der Waals surface area contributed by atoms with Gasteiger partial charge >= 0.3 is 12.1 Å². The first-order valence-corrected chi connectivity index (χ1v) is 9.02. The summed E-state index contributed by atoms with van der Waals surface area (Å²) in [5.74, 6) is -3.06. The number of hydrogen-bond donors (Lipinski definition) is 1. The number of halogens is 6. The summed E-state index contributed by atoms with van der Waals surface area (Å²) < 4.78 is 50.7. The van der Waals surface area contributed by atoms with Crippen molar-refractivity contribution < 1.29 is 32.5 Å². The molecule has 144 valence electrons. The summed E-state index contributed by atoms with van der Waals surface area (Å²) in [6, 6.07) is 7.26. The number of benzene rings is 2. The molecule has 2 aromatic carbocycles. The Hall–Kier alpha value is -1.64. The van der Waals surface area contributed by atoms with E-state index < -0.39 is 24.2 Å². The fraction of sp³-hybridized carbons (Fsp3) is 0.235. The molecule has 0 amide bonds. The molecule has 0 spiro atoms. The van der Waals surface area contributed by atoms with Gasteiger partial charge in [0.15, 0.2) is 0 Å². The molecule has 4 nitrogen and oxygen atoms in total. The normalized spacial score (nSPS) is 19.2. The first kappa shape index (κ1) is 20.1. The molecule has 1 N–H and O–H groups in total. The van der Waals surface area contributed by atoms with Gasteiger partial charge in [0.05, 0.1) is 10.0 Å². The summed E-state index contributed by atoms with van der Waals surface area (Å²) in [4.78, 5) is 11.2. The summed E-state index contributed by atoms with van der Waals surface area (Å²) in [5.41, 5.74) is 0.262. The zero-order valence-electron chi connectivity index (χ0n) is 13.2. The first-order valence-electron chi connectivity index (χ1n) is 7.47. The maximum Gasteiger partial charge on any atom is 0.426 e.